The summed E-state index contributed by atoms with van der Waals surface area (Å²) in [5.74, 6) is 2.35. The second kappa shape index (κ2) is 2.55. The smallest absolute Gasteiger partial charge is 0.143 e. The van der Waals surface area contributed by atoms with Gasteiger partial charge in [-0.3, -0.25) is 0 Å². The fourth-order valence-corrected chi connectivity index (χ4v) is 1.88. The Morgan fingerprint density at radius 2 is 2.55 bits per heavy atom. The molecule has 3 heteroatoms. The van der Waals surface area contributed by atoms with E-state index < -0.39 is 0 Å². The molecule has 0 radical (unpaired) electrons. The number of rotatable bonds is 1. The minimum atomic E-state index is 0.561. The van der Waals surface area contributed by atoms with E-state index in [4.69, 9.17) is 4.52 Å². The molecule has 1 heterocycles. The lowest BCUT2D eigenvalue weighted by Gasteiger charge is -1.93. The second-order valence-corrected chi connectivity index (χ2v) is 3.39. The first-order valence-corrected chi connectivity index (χ1v) is 4.54. The van der Waals surface area contributed by atoms with Crippen LogP contribution in [0.4, 0.5) is 0 Å². The maximum absolute atomic E-state index is 5.21. The Bertz CT molecular complexity index is 269. The third-order valence-electron chi connectivity index (χ3n) is 2.32. The van der Waals surface area contributed by atoms with Gasteiger partial charge in [-0.05, 0) is 12.8 Å². The van der Waals surface area contributed by atoms with Crippen LogP contribution in [0.2, 0.25) is 0 Å². The van der Waals surface area contributed by atoms with Gasteiger partial charge in [0.1, 0.15) is 5.76 Å². The predicted octanol–water partition coefficient (Wildman–Crippen LogP) is 2.15. The fraction of sp³-hybridized carbons (Fsp3) is 0.625. The summed E-state index contributed by atoms with van der Waals surface area (Å²) in [4.78, 5) is 0. The first kappa shape index (κ1) is 7.22. The van der Waals surface area contributed by atoms with Gasteiger partial charge in [-0.2, -0.15) is 12.6 Å². The van der Waals surface area contributed by atoms with E-state index in [0.29, 0.717) is 11.7 Å². The van der Waals surface area contributed by atoms with Crippen LogP contribution in [0.15, 0.2) is 4.52 Å². The first-order valence-electron chi connectivity index (χ1n) is 3.91. The van der Waals surface area contributed by atoms with Crippen molar-refractivity contribution in [1.82, 2.24) is 5.16 Å². The van der Waals surface area contributed by atoms with Gasteiger partial charge in [-0.1, -0.05) is 12.1 Å². The van der Waals surface area contributed by atoms with Crippen LogP contribution in [0.25, 0.3) is 0 Å². The molecule has 0 aromatic carbocycles. The van der Waals surface area contributed by atoms with Crippen molar-refractivity contribution in [3.63, 3.8) is 0 Å². The number of hydrogen-bond acceptors (Lipinski definition) is 3. The Balaban J connectivity index is 2.44. The van der Waals surface area contributed by atoms with Crippen molar-refractivity contribution >= 4 is 12.6 Å². The van der Waals surface area contributed by atoms with Crippen molar-refractivity contribution in [2.24, 2.45) is 0 Å². The van der Waals surface area contributed by atoms with Crippen LogP contribution >= 0.6 is 12.6 Å². The Labute approximate surface area is 71.4 Å². The Kier molecular flexibility index (Phi) is 1.68. The van der Waals surface area contributed by atoms with Gasteiger partial charge >= 0.3 is 0 Å². The molecule has 1 aromatic heterocycles. The molecule has 0 fully saturated rings. The monoisotopic (exact) mass is 169 g/mol. The molecule has 1 aliphatic rings. The molecular formula is C8H11NOS. The summed E-state index contributed by atoms with van der Waals surface area (Å²) in [6, 6.07) is 0. The topological polar surface area (TPSA) is 26.0 Å². The summed E-state index contributed by atoms with van der Waals surface area (Å²) in [7, 11) is 0. The number of aromatic nitrogens is 1. The molecule has 0 spiro atoms. The van der Waals surface area contributed by atoms with E-state index in [1.54, 1.807) is 0 Å². The van der Waals surface area contributed by atoms with Crippen molar-refractivity contribution in [1.29, 1.82) is 0 Å². The maximum Gasteiger partial charge on any atom is 0.143 e. The van der Waals surface area contributed by atoms with Crippen molar-refractivity contribution in [3.8, 4) is 0 Å². The lowest BCUT2D eigenvalue weighted by Crippen LogP contribution is -1.83. The fourth-order valence-electron chi connectivity index (χ4n) is 1.63. The van der Waals surface area contributed by atoms with Crippen molar-refractivity contribution in [2.75, 3.05) is 0 Å². The average molecular weight is 169 g/mol. The largest absolute Gasteiger partial charge is 0.361 e. The molecule has 0 bridgehead atoms. The van der Waals surface area contributed by atoms with Crippen molar-refractivity contribution in [2.45, 2.75) is 31.4 Å². The second-order valence-electron chi connectivity index (χ2n) is 3.07. The Morgan fingerprint density at radius 3 is 3.27 bits per heavy atom. The third kappa shape index (κ3) is 0.984. The quantitative estimate of drug-likeness (QED) is 0.652. The molecule has 60 valence electrons. The van der Waals surface area contributed by atoms with Crippen molar-refractivity contribution < 1.29 is 4.52 Å². The van der Waals surface area contributed by atoms with Gasteiger partial charge in [0.05, 0.1) is 5.69 Å². The normalized spacial score (nSPS) is 22.2. The lowest BCUT2D eigenvalue weighted by atomic mass is 10.1. The van der Waals surface area contributed by atoms with E-state index >= 15 is 0 Å². The standard InChI is InChI=1S/C8H11NOS/c1-5-2-3-6-7(4-11)9-10-8(5)6/h5,11H,2-4H2,1H3. The summed E-state index contributed by atoms with van der Waals surface area (Å²) >= 11 is 4.18. The summed E-state index contributed by atoms with van der Waals surface area (Å²) in [6.07, 6.45) is 2.33. The molecule has 0 saturated heterocycles. The van der Waals surface area contributed by atoms with E-state index in [0.717, 1.165) is 17.9 Å². The molecule has 0 saturated carbocycles. The average Bonchev–Trinajstić information content (AvgIpc) is 2.53. The molecule has 2 nitrogen and oxygen atoms in total. The van der Waals surface area contributed by atoms with Gasteiger partial charge in [-0.15, -0.1) is 0 Å². The van der Waals surface area contributed by atoms with E-state index in [-0.39, 0.29) is 0 Å². The zero-order chi connectivity index (χ0) is 7.84. The summed E-state index contributed by atoms with van der Waals surface area (Å²) in [5, 5.41) is 3.96. The molecule has 11 heavy (non-hydrogen) atoms. The van der Waals surface area contributed by atoms with Gasteiger partial charge in [-0.25, -0.2) is 0 Å². The highest BCUT2D eigenvalue weighted by atomic mass is 32.1. The molecule has 1 unspecified atom stereocenters. The predicted molar refractivity (Wildman–Crippen MR) is 45.9 cm³/mol. The number of fused-ring (bicyclic) bond motifs is 1. The van der Waals surface area contributed by atoms with Gasteiger partial charge in [0, 0.05) is 17.2 Å². The number of nitrogens with zero attached hydrogens (tertiary/aromatic N) is 1. The van der Waals surface area contributed by atoms with Crippen LogP contribution in [-0.4, -0.2) is 5.16 Å². The molecule has 0 amide bonds. The molecule has 0 N–H and O–H groups in total. The van der Waals surface area contributed by atoms with E-state index in [2.05, 4.69) is 24.7 Å². The minimum Gasteiger partial charge on any atom is -0.361 e. The van der Waals surface area contributed by atoms with Crippen LogP contribution in [-0.2, 0) is 12.2 Å². The Hall–Kier alpha value is -0.440. The lowest BCUT2D eigenvalue weighted by molar-refractivity contribution is 0.365. The highest BCUT2D eigenvalue weighted by molar-refractivity contribution is 7.79. The molecular weight excluding hydrogens is 158 g/mol. The first-order chi connectivity index (χ1) is 5.33. The Morgan fingerprint density at radius 1 is 1.73 bits per heavy atom. The summed E-state index contributed by atoms with van der Waals surface area (Å²) in [6.45, 7) is 2.18. The van der Waals surface area contributed by atoms with Gasteiger partial charge in [0.2, 0.25) is 0 Å². The van der Waals surface area contributed by atoms with Gasteiger partial charge in [0.25, 0.3) is 0 Å². The molecule has 1 atom stereocenters. The minimum absolute atomic E-state index is 0.561. The maximum atomic E-state index is 5.21. The van der Waals surface area contributed by atoms with Crippen LogP contribution in [0, 0.1) is 0 Å². The van der Waals surface area contributed by atoms with Gasteiger partial charge in [0.15, 0.2) is 0 Å². The van der Waals surface area contributed by atoms with Crippen LogP contribution in [0.3, 0.4) is 0 Å². The van der Waals surface area contributed by atoms with Crippen LogP contribution < -0.4 is 0 Å². The van der Waals surface area contributed by atoms with Crippen molar-refractivity contribution in [3.05, 3.63) is 17.0 Å². The molecule has 1 aliphatic carbocycles. The number of thiol groups is 1. The van der Waals surface area contributed by atoms with Crippen LogP contribution in [0.5, 0.6) is 0 Å². The van der Waals surface area contributed by atoms with Crippen LogP contribution in [0.1, 0.15) is 36.3 Å². The number of hydrogen-bond donors (Lipinski definition) is 1. The molecule has 1 aromatic rings. The highest BCUT2D eigenvalue weighted by Gasteiger charge is 2.26. The van der Waals surface area contributed by atoms with E-state index in [9.17, 15) is 0 Å². The summed E-state index contributed by atoms with van der Waals surface area (Å²) < 4.78 is 5.21. The molecule has 2 rings (SSSR count). The third-order valence-corrected chi connectivity index (χ3v) is 2.62. The molecule has 0 aliphatic heterocycles. The zero-order valence-corrected chi connectivity index (χ0v) is 7.40. The highest BCUT2D eigenvalue weighted by Crippen LogP contribution is 2.34. The van der Waals surface area contributed by atoms with Gasteiger partial charge < -0.3 is 4.52 Å². The summed E-state index contributed by atoms with van der Waals surface area (Å²) in [5.41, 5.74) is 2.35. The van der Waals surface area contributed by atoms with E-state index in [1.807, 2.05) is 0 Å². The SMILES string of the molecule is CC1CCc2c(CS)noc21. The van der Waals surface area contributed by atoms with E-state index in [1.165, 1.54) is 12.0 Å². The zero-order valence-electron chi connectivity index (χ0n) is 6.50.